The van der Waals surface area contributed by atoms with Gasteiger partial charge in [-0.2, -0.15) is 0 Å². The Balaban J connectivity index is 1.89. The van der Waals surface area contributed by atoms with Crippen LogP contribution in [0, 0.1) is 6.92 Å². The Morgan fingerprint density at radius 1 is 0.905 bits per heavy atom. The molecule has 0 aliphatic rings. The van der Waals surface area contributed by atoms with Gasteiger partial charge in [0.15, 0.2) is 0 Å². The van der Waals surface area contributed by atoms with Crippen molar-refractivity contribution in [2.45, 2.75) is 6.92 Å². The van der Waals surface area contributed by atoms with E-state index in [0.717, 1.165) is 16.9 Å². The molecule has 0 aliphatic heterocycles. The van der Waals surface area contributed by atoms with E-state index >= 15 is 0 Å². The van der Waals surface area contributed by atoms with Crippen molar-refractivity contribution in [1.29, 1.82) is 0 Å². The van der Waals surface area contributed by atoms with E-state index in [1.54, 1.807) is 4.80 Å². The molecule has 0 saturated carbocycles. The van der Waals surface area contributed by atoms with Crippen LogP contribution in [0.5, 0.6) is 0 Å². The Morgan fingerprint density at radius 2 is 1.57 bits per heavy atom. The van der Waals surface area contributed by atoms with Crippen LogP contribution in [0.2, 0.25) is 0 Å². The third-order valence-electron chi connectivity index (χ3n) is 3.32. The quantitative estimate of drug-likeness (QED) is 0.739. The van der Waals surface area contributed by atoms with E-state index in [4.69, 9.17) is 0 Å². The first kappa shape index (κ1) is 13.3. The van der Waals surface area contributed by atoms with Gasteiger partial charge in [0.2, 0.25) is 5.82 Å². The van der Waals surface area contributed by atoms with Gasteiger partial charge >= 0.3 is 0 Å². The van der Waals surface area contributed by atoms with Crippen LogP contribution in [0.25, 0.3) is 17.1 Å². The lowest BCUT2D eigenvalue weighted by Gasteiger charge is -2.11. The molecule has 3 rings (SSSR count). The number of anilines is 1. The molecule has 3 aromatic rings. The van der Waals surface area contributed by atoms with E-state index in [2.05, 4.69) is 27.2 Å². The van der Waals surface area contributed by atoms with E-state index in [1.807, 2.05) is 62.6 Å². The van der Waals surface area contributed by atoms with Gasteiger partial charge in [0.05, 0.1) is 5.69 Å². The largest absolute Gasteiger partial charge is 0.378 e. The van der Waals surface area contributed by atoms with Crippen LogP contribution in [0.3, 0.4) is 0 Å². The van der Waals surface area contributed by atoms with Gasteiger partial charge in [-0.15, -0.1) is 15.0 Å². The zero-order valence-corrected chi connectivity index (χ0v) is 12.4. The number of aromatic nitrogens is 4. The second-order valence-electron chi connectivity index (χ2n) is 5.18. The third-order valence-corrected chi connectivity index (χ3v) is 3.32. The first-order valence-corrected chi connectivity index (χ1v) is 6.78. The summed E-state index contributed by atoms with van der Waals surface area (Å²) in [6, 6.07) is 16.1. The Kier molecular flexibility index (Phi) is 3.39. The van der Waals surface area contributed by atoms with Crippen molar-refractivity contribution in [3.8, 4) is 17.1 Å². The maximum atomic E-state index is 4.44. The van der Waals surface area contributed by atoms with Gasteiger partial charge in [0.25, 0.3) is 0 Å². The fourth-order valence-electron chi connectivity index (χ4n) is 2.03. The summed E-state index contributed by atoms with van der Waals surface area (Å²) < 4.78 is 0. The monoisotopic (exact) mass is 279 g/mol. The van der Waals surface area contributed by atoms with Gasteiger partial charge in [-0.3, -0.25) is 0 Å². The van der Waals surface area contributed by atoms with E-state index in [1.165, 1.54) is 5.56 Å². The molecule has 1 heterocycles. The zero-order chi connectivity index (χ0) is 14.8. The zero-order valence-electron chi connectivity index (χ0n) is 12.4. The minimum Gasteiger partial charge on any atom is -0.378 e. The summed E-state index contributed by atoms with van der Waals surface area (Å²) in [5.74, 6) is 0.626. The Bertz CT molecular complexity index is 726. The standard InChI is InChI=1S/C16H17N5/c1-12-4-8-15(9-5-12)21-18-16(17-19-21)13-6-10-14(11-7-13)20(2)3/h4-11H,1-3H3. The fourth-order valence-corrected chi connectivity index (χ4v) is 2.03. The molecule has 0 saturated heterocycles. The lowest BCUT2D eigenvalue weighted by atomic mass is 10.2. The molecular weight excluding hydrogens is 262 g/mol. The highest BCUT2D eigenvalue weighted by atomic mass is 15.6. The van der Waals surface area contributed by atoms with Crippen LogP contribution in [0.1, 0.15) is 5.56 Å². The van der Waals surface area contributed by atoms with Crippen LogP contribution < -0.4 is 4.90 Å². The SMILES string of the molecule is Cc1ccc(-n2nnc(-c3ccc(N(C)C)cc3)n2)cc1. The maximum Gasteiger partial charge on any atom is 0.205 e. The van der Waals surface area contributed by atoms with Gasteiger partial charge in [0.1, 0.15) is 0 Å². The summed E-state index contributed by atoms with van der Waals surface area (Å²) in [7, 11) is 4.03. The number of nitrogens with zero attached hydrogens (tertiary/aromatic N) is 5. The van der Waals surface area contributed by atoms with E-state index in [9.17, 15) is 0 Å². The second-order valence-corrected chi connectivity index (χ2v) is 5.18. The molecule has 0 unspecified atom stereocenters. The highest BCUT2D eigenvalue weighted by Gasteiger charge is 2.07. The molecule has 0 atom stereocenters. The van der Waals surface area contributed by atoms with Crippen molar-refractivity contribution in [2.24, 2.45) is 0 Å². The minimum atomic E-state index is 0.626. The number of benzene rings is 2. The van der Waals surface area contributed by atoms with Crippen LogP contribution in [-0.4, -0.2) is 34.3 Å². The highest BCUT2D eigenvalue weighted by Crippen LogP contribution is 2.19. The summed E-state index contributed by atoms with van der Waals surface area (Å²) in [5.41, 5.74) is 4.21. The molecule has 106 valence electrons. The van der Waals surface area contributed by atoms with Crippen molar-refractivity contribution in [2.75, 3.05) is 19.0 Å². The van der Waals surface area contributed by atoms with Crippen LogP contribution in [0.15, 0.2) is 48.5 Å². The summed E-state index contributed by atoms with van der Waals surface area (Å²) in [5, 5.41) is 12.7. The van der Waals surface area contributed by atoms with Crippen molar-refractivity contribution >= 4 is 5.69 Å². The molecule has 0 N–H and O–H groups in total. The van der Waals surface area contributed by atoms with Crippen LogP contribution in [0.4, 0.5) is 5.69 Å². The van der Waals surface area contributed by atoms with Gasteiger partial charge in [-0.1, -0.05) is 17.7 Å². The fraction of sp³-hybridized carbons (Fsp3) is 0.188. The lowest BCUT2D eigenvalue weighted by Crippen LogP contribution is -2.07. The van der Waals surface area contributed by atoms with Gasteiger partial charge in [-0.05, 0) is 48.5 Å². The summed E-state index contributed by atoms with van der Waals surface area (Å²) in [6.07, 6.45) is 0. The molecule has 1 aromatic heterocycles. The molecule has 2 aromatic carbocycles. The molecule has 5 nitrogen and oxygen atoms in total. The van der Waals surface area contributed by atoms with E-state index < -0.39 is 0 Å². The minimum absolute atomic E-state index is 0.626. The number of hydrogen-bond acceptors (Lipinski definition) is 4. The first-order chi connectivity index (χ1) is 10.1. The van der Waals surface area contributed by atoms with E-state index in [-0.39, 0.29) is 0 Å². The third kappa shape index (κ3) is 2.76. The van der Waals surface area contributed by atoms with Gasteiger partial charge in [-0.25, -0.2) is 0 Å². The van der Waals surface area contributed by atoms with Crippen molar-refractivity contribution in [3.05, 3.63) is 54.1 Å². The molecule has 0 bridgehead atoms. The van der Waals surface area contributed by atoms with Crippen molar-refractivity contribution < 1.29 is 0 Å². The normalized spacial score (nSPS) is 10.6. The molecule has 0 spiro atoms. The van der Waals surface area contributed by atoms with Gasteiger partial charge in [0, 0.05) is 25.3 Å². The average Bonchev–Trinajstić information content (AvgIpc) is 2.98. The number of rotatable bonds is 3. The van der Waals surface area contributed by atoms with Crippen molar-refractivity contribution in [3.63, 3.8) is 0 Å². The maximum absolute atomic E-state index is 4.44. The first-order valence-electron chi connectivity index (χ1n) is 6.78. The molecule has 0 aliphatic carbocycles. The molecule has 5 heteroatoms. The summed E-state index contributed by atoms with van der Waals surface area (Å²) in [4.78, 5) is 3.61. The predicted octanol–water partition coefficient (Wildman–Crippen LogP) is 2.70. The van der Waals surface area contributed by atoms with Crippen molar-refractivity contribution in [1.82, 2.24) is 20.2 Å². The Labute approximate surface area is 123 Å². The predicted molar refractivity (Wildman–Crippen MR) is 83.7 cm³/mol. The average molecular weight is 279 g/mol. The second kappa shape index (κ2) is 5.36. The summed E-state index contributed by atoms with van der Waals surface area (Å²) in [6.45, 7) is 2.05. The number of aryl methyl sites for hydroxylation is 1. The van der Waals surface area contributed by atoms with Gasteiger partial charge < -0.3 is 4.90 Å². The lowest BCUT2D eigenvalue weighted by molar-refractivity contribution is 0.720. The van der Waals surface area contributed by atoms with E-state index in [0.29, 0.717) is 5.82 Å². The molecule has 0 radical (unpaired) electrons. The van der Waals surface area contributed by atoms with Crippen LogP contribution >= 0.6 is 0 Å². The number of hydrogen-bond donors (Lipinski definition) is 0. The Hall–Kier alpha value is -2.69. The molecule has 0 amide bonds. The molecule has 0 fully saturated rings. The van der Waals surface area contributed by atoms with Crippen LogP contribution in [-0.2, 0) is 0 Å². The summed E-state index contributed by atoms with van der Waals surface area (Å²) >= 11 is 0. The topological polar surface area (TPSA) is 46.8 Å². The molecular formula is C16H17N5. The number of tetrazole rings is 1. The highest BCUT2D eigenvalue weighted by molar-refractivity contribution is 5.59. The smallest absolute Gasteiger partial charge is 0.205 e. The Morgan fingerprint density at radius 3 is 2.19 bits per heavy atom. The molecule has 21 heavy (non-hydrogen) atoms.